The molecule has 0 aliphatic rings. The summed E-state index contributed by atoms with van der Waals surface area (Å²) in [4.78, 5) is 12.3. The van der Waals surface area contributed by atoms with E-state index in [1.807, 2.05) is 0 Å². The molecule has 7 nitrogen and oxygen atoms in total. The average Bonchev–Trinajstić information content (AvgIpc) is 3.00. The number of nitrogens with one attached hydrogen (secondary N) is 1. The van der Waals surface area contributed by atoms with Gasteiger partial charge in [0.05, 0.1) is 10.5 Å². The van der Waals surface area contributed by atoms with E-state index < -0.39 is 21.6 Å². The Morgan fingerprint density at radius 2 is 1.96 bits per heavy atom. The lowest BCUT2D eigenvalue weighted by Gasteiger charge is -2.09. The van der Waals surface area contributed by atoms with Gasteiger partial charge in [-0.15, -0.1) is 10.2 Å². The summed E-state index contributed by atoms with van der Waals surface area (Å²) in [6, 6.07) is 9.91. The normalized spacial score (nSPS) is 11.3. The molecule has 9 heteroatoms. The van der Waals surface area contributed by atoms with Crippen molar-refractivity contribution in [2.75, 3.05) is 11.6 Å². The first-order valence-corrected chi connectivity index (χ1v) is 9.40. The minimum absolute atomic E-state index is 0.128. The van der Waals surface area contributed by atoms with Crippen molar-refractivity contribution in [3.8, 4) is 11.4 Å². The number of rotatable bonds is 4. The Balaban J connectivity index is 1.91. The van der Waals surface area contributed by atoms with Crippen molar-refractivity contribution in [2.24, 2.45) is 7.05 Å². The van der Waals surface area contributed by atoms with Gasteiger partial charge in [-0.1, -0.05) is 12.1 Å². The Kier molecular flexibility index (Phi) is 4.56. The highest BCUT2D eigenvalue weighted by atomic mass is 32.2. The van der Waals surface area contributed by atoms with Crippen LogP contribution >= 0.6 is 0 Å². The van der Waals surface area contributed by atoms with Crippen LogP contribution in [0, 0.1) is 5.82 Å². The highest BCUT2D eigenvalue weighted by Gasteiger charge is 2.17. The van der Waals surface area contributed by atoms with E-state index in [2.05, 4.69) is 15.5 Å². The van der Waals surface area contributed by atoms with Crippen LogP contribution in [0.15, 0.2) is 53.7 Å². The largest absolute Gasteiger partial charge is 0.322 e. The zero-order chi connectivity index (χ0) is 18.9. The fourth-order valence-electron chi connectivity index (χ4n) is 2.39. The molecule has 2 aromatic carbocycles. The van der Waals surface area contributed by atoms with Crippen molar-refractivity contribution in [1.82, 2.24) is 14.8 Å². The first kappa shape index (κ1) is 17.7. The maximum Gasteiger partial charge on any atom is 0.258 e. The van der Waals surface area contributed by atoms with Gasteiger partial charge in [0.25, 0.3) is 5.91 Å². The van der Waals surface area contributed by atoms with Crippen LogP contribution in [-0.4, -0.2) is 35.3 Å². The van der Waals surface area contributed by atoms with Gasteiger partial charge in [-0.25, -0.2) is 12.8 Å². The molecule has 0 spiro atoms. The van der Waals surface area contributed by atoms with Crippen molar-refractivity contribution in [1.29, 1.82) is 0 Å². The molecule has 0 bridgehead atoms. The Morgan fingerprint density at radius 1 is 1.19 bits per heavy atom. The zero-order valence-electron chi connectivity index (χ0n) is 14.0. The molecule has 134 valence electrons. The van der Waals surface area contributed by atoms with Crippen LogP contribution in [0.4, 0.5) is 10.1 Å². The van der Waals surface area contributed by atoms with Gasteiger partial charge in [0.1, 0.15) is 12.1 Å². The number of aryl methyl sites for hydroxylation is 1. The summed E-state index contributed by atoms with van der Waals surface area (Å²) in [5.74, 6) is -0.950. The number of anilines is 1. The molecule has 1 heterocycles. The van der Waals surface area contributed by atoms with Crippen LogP contribution in [-0.2, 0) is 16.9 Å². The van der Waals surface area contributed by atoms with E-state index in [4.69, 9.17) is 0 Å². The van der Waals surface area contributed by atoms with Crippen molar-refractivity contribution in [2.45, 2.75) is 4.90 Å². The molecule has 1 aromatic heterocycles. The first-order chi connectivity index (χ1) is 12.3. The summed E-state index contributed by atoms with van der Waals surface area (Å²) in [7, 11) is -1.77. The molecule has 0 aliphatic heterocycles. The number of hydrogen-bond donors (Lipinski definition) is 1. The Bertz CT molecular complexity index is 1090. The van der Waals surface area contributed by atoms with Crippen LogP contribution in [0.3, 0.4) is 0 Å². The van der Waals surface area contributed by atoms with E-state index >= 15 is 0 Å². The minimum atomic E-state index is -3.55. The highest BCUT2D eigenvalue weighted by molar-refractivity contribution is 7.90. The third kappa shape index (κ3) is 3.62. The zero-order valence-corrected chi connectivity index (χ0v) is 14.8. The molecule has 3 aromatic rings. The number of hydrogen-bond acceptors (Lipinski definition) is 5. The molecule has 0 saturated heterocycles. The van der Waals surface area contributed by atoms with Gasteiger partial charge >= 0.3 is 0 Å². The molecule has 0 aliphatic carbocycles. The second-order valence-electron chi connectivity index (χ2n) is 5.71. The monoisotopic (exact) mass is 374 g/mol. The van der Waals surface area contributed by atoms with Gasteiger partial charge in [-0.2, -0.15) is 0 Å². The van der Waals surface area contributed by atoms with Crippen LogP contribution in [0.1, 0.15) is 10.4 Å². The summed E-state index contributed by atoms with van der Waals surface area (Å²) in [6.07, 6.45) is 2.54. The minimum Gasteiger partial charge on any atom is -0.322 e. The smallest absolute Gasteiger partial charge is 0.258 e. The number of sulfone groups is 1. The van der Waals surface area contributed by atoms with E-state index in [0.29, 0.717) is 17.1 Å². The van der Waals surface area contributed by atoms with Crippen LogP contribution in [0.5, 0.6) is 0 Å². The van der Waals surface area contributed by atoms with Crippen LogP contribution < -0.4 is 5.32 Å². The Hall–Kier alpha value is -3.07. The molecule has 1 N–H and O–H groups in total. The fourth-order valence-corrected chi connectivity index (χ4v) is 3.04. The maximum absolute atomic E-state index is 14.0. The van der Waals surface area contributed by atoms with Gasteiger partial charge in [0.2, 0.25) is 0 Å². The SMILES string of the molecule is Cn1cnnc1-c1cccc(NC(=O)c2cc(S(C)(=O)=O)ccc2F)c1. The second kappa shape index (κ2) is 6.68. The number of halogens is 1. The van der Waals surface area contributed by atoms with Crippen molar-refractivity contribution in [3.63, 3.8) is 0 Å². The molecule has 0 unspecified atom stereocenters. The van der Waals surface area contributed by atoms with E-state index in [9.17, 15) is 17.6 Å². The highest BCUT2D eigenvalue weighted by Crippen LogP contribution is 2.22. The Morgan fingerprint density at radius 3 is 2.62 bits per heavy atom. The van der Waals surface area contributed by atoms with Crippen LogP contribution in [0.25, 0.3) is 11.4 Å². The molecular weight excluding hydrogens is 359 g/mol. The molecular formula is C17H15FN4O3S. The third-order valence-electron chi connectivity index (χ3n) is 3.70. The van der Waals surface area contributed by atoms with Crippen molar-refractivity contribution >= 4 is 21.4 Å². The fraction of sp³-hybridized carbons (Fsp3) is 0.118. The lowest BCUT2D eigenvalue weighted by atomic mass is 10.1. The van der Waals surface area contributed by atoms with Gasteiger partial charge in [-0.05, 0) is 30.3 Å². The molecule has 3 rings (SSSR count). The number of carbonyl (C=O) groups excluding carboxylic acids is 1. The summed E-state index contributed by atoms with van der Waals surface area (Å²) in [5.41, 5.74) is 0.782. The Labute approximate surface area is 149 Å². The maximum atomic E-state index is 14.0. The number of carbonyl (C=O) groups is 1. The van der Waals surface area contributed by atoms with E-state index in [1.54, 1.807) is 42.2 Å². The topological polar surface area (TPSA) is 93.9 Å². The molecule has 0 radical (unpaired) electrons. The molecule has 0 atom stereocenters. The summed E-state index contributed by atoms with van der Waals surface area (Å²) in [5, 5.41) is 10.4. The van der Waals surface area contributed by atoms with Crippen molar-refractivity contribution in [3.05, 3.63) is 60.2 Å². The van der Waals surface area contributed by atoms with Gasteiger partial charge in [0, 0.05) is 24.6 Å². The quantitative estimate of drug-likeness (QED) is 0.707. The van der Waals surface area contributed by atoms with Crippen LogP contribution in [0.2, 0.25) is 0 Å². The summed E-state index contributed by atoms with van der Waals surface area (Å²) in [6.45, 7) is 0. The predicted molar refractivity (Wildman–Crippen MR) is 93.9 cm³/mol. The van der Waals surface area contributed by atoms with E-state index in [1.165, 1.54) is 0 Å². The van der Waals surface area contributed by atoms with Gasteiger partial charge in [-0.3, -0.25) is 4.79 Å². The lowest BCUT2D eigenvalue weighted by molar-refractivity contribution is 0.102. The predicted octanol–water partition coefficient (Wildman–Crippen LogP) is 2.28. The third-order valence-corrected chi connectivity index (χ3v) is 4.81. The number of amides is 1. The second-order valence-corrected chi connectivity index (χ2v) is 7.73. The summed E-state index contributed by atoms with van der Waals surface area (Å²) >= 11 is 0. The number of aromatic nitrogens is 3. The first-order valence-electron chi connectivity index (χ1n) is 7.51. The van der Waals surface area contributed by atoms with E-state index in [0.717, 1.165) is 24.5 Å². The van der Waals surface area contributed by atoms with Crippen molar-refractivity contribution < 1.29 is 17.6 Å². The lowest BCUT2D eigenvalue weighted by Crippen LogP contribution is -2.15. The number of nitrogens with zero attached hydrogens (tertiary/aromatic N) is 3. The number of benzene rings is 2. The van der Waals surface area contributed by atoms with Gasteiger partial charge < -0.3 is 9.88 Å². The average molecular weight is 374 g/mol. The molecule has 0 saturated carbocycles. The summed E-state index contributed by atoms with van der Waals surface area (Å²) < 4.78 is 38.9. The standard InChI is InChI=1S/C17H15FN4O3S/c1-22-10-19-21-16(22)11-4-3-5-12(8-11)20-17(23)14-9-13(26(2,24)25)6-7-15(14)18/h3-10H,1-2H3,(H,20,23). The molecule has 0 fully saturated rings. The molecule has 1 amide bonds. The van der Waals surface area contributed by atoms with Gasteiger partial charge in [0.15, 0.2) is 15.7 Å². The molecule has 26 heavy (non-hydrogen) atoms. The van der Waals surface area contributed by atoms with E-state index in [-0.39, 0.29) is 10.5 Å².